The fourth-order valence-electron chi connectivity index (χ4n) is 3.66. The molecule has 168 valence electrons. The second-order valence-corrected chi connectivity index (χ2v) is 8.82. The van der Waals surface area contributed by atoms with Gasteiger partial charge in [0.25, 0.3) is 11.1 Å². The Bertz CT molecular complexity index is 1300. The highest BCUT2D eigenvalue weighted by Gasteiger charge is 2.19. The summed E-state index contributed by atoms with van der Waals surface area (Å²) < 4.78 is 7.39. The number of nitrogens with zero attached hydrogens (tertiary/aromatic N) is 3. The van der Waals surface area contributed by atoms with Crippen molar-refractivity contribution in [2.24, 2.45) is 0 Å². The molecule has 8 heteroatoms. The molecule has 1 N–H and O–H groups in total. The molecule has 0 saturated heterocycles. The van der Waals surface area contributed by atoms with E-state index in [1.165, 1.54) is 11.8 Å². The lowest BCUT2D eigenvalue weighted by atomic mass is 10.1. The van der Waals surface area contributed by atoms with Gasteiger partial charge in [-0.1, -0.05) is 47.2 Å². The molecule has 4 rings (SSSR count). The number of carbonyl (C=O) groups is 2. The molecule has 0 unspecified atom stereocenters. The number of aromatic nitrogens is 3. The van der Waals surface area contributed by atoms with Crippen molar-refractivity contribution in [2.75, 3.05) is 11.2 Å². The first-order valence-corrected chi connectivity index (χ1v) is 11.4. The van der Waals surface area contributed by atoms with Crippen LogP contribution in [-0.4, -0.2) is 32.3 Å². The van der Waals surface area contributed by atoms with Gasteiger partial charge in [0.2, 0.25) is 5.89 Å². The van der Waals surface area contributed by atoms with Crippen LogP contribution in [0.2, 0.25) is 0 Å². The van der Waals surface area contributed by atoms with Gasteiger partial charge in [0, 0.05) is 28.1 Å². The summed E-state index contributed by atoms with van der Waals surface area (Å²) in [4.78, 5) is 25.4. The van der Waals surface area contributed by atoms with Crippen LogP contribution in [0, 0.1) is 27.7 Å². The molecule has 0 radical (unpaired) electrons. The first-order valence-electron chi connectivity index (χ1n) is 10.5. The molecule has 0 aliphatic rings. The van der Waals surface area contributed by atoms with Crippen molar-refractivity contribution in [3.8, 4) is 11.5 Å². The molecule has 7 nitrogen and oxygen atoms in total. The van der Waals surface area contributed by atoms with Gasteiger partial charge < -0.3 is 4.42 Å². The first-order chi connectivity index (χ1) is 15.8. The van der Waals surface area contributed by atoms with Crippen LogP contribution in [-0.2, 0) is 0 Å². The predicted octanol–water partition coefficient (Wildman–Crippen LogP) is 5.13. The monoisotopic (exact) mass is 460 g/mol. The maximum Gasteiger partial charge on any atom is 0.277 e. The number of ketones is 1. The smallest absolute Gasteiger partial charge is 0.277 e. The van der Waals surface area contributed by atoms with Gasteiger partial charge in [-0.25, -0.2) is 0 Å². The molecule has 33 heavy (non-hydrogen) atoms. The molecular formula is C25H24N4O3S. The Kier molecular flexibility index (Phi) is 6.46. The fraction of sp³-hybridized carbons (Fsp3) is 0.200. The van der Waals surface area contributed by atoms with E-state index >= 15 is 0 Å². The minimum absolute atomic E-state index is 0.0838. The van der Waals surface area contributed by atoms with Crippen LogP contribution in [0.1, 0.15) is 43.2 Å². The maximum absolute atomic E-state index is 12.9. The highest BCUT2D eigenvalue weighted by atomic mass is 32.2. The Morgan fingerprint density at radius 2 is 1.67 bits per heavy atom. The number of thioether (sulfide) groups is 1. The molecule has 0 spiro atoms. The number of aryl methyl sites for hydroxylation is 3. The minimum Gasteiger partial charge on any atom is -0.411 e. The maximum atomic E-state index is 12.9. The average Bonchev–Trinajstić information content (AvgIpc) is 3.38. The summed E-state index contributed by atoms with van der Waals surface area (Å²) in [5, 5.41) is 8.52. The quantitative estimate of drug-likeness (QED) is 0.304. The van der Waals surface area contributed by atoms with Crippen LogP contribution in [0.25, 0.3) is 11.5 Å². The second-order valence-electron chi connectivity index (χ2n) is 7.89. The van der Waals surface area contributed by atoms with E-state index in [9.17, 15) is 9.59 Å². The zero-order valence-corrected chi connectivity index (χ0v) is 19.7. The van der Waals surface area contributed by atoms with Crippen molar-refractivity contribution < 1.29 is 14.0 Å². The van der Waals surface area contributed by atoms with E-state index < -0.39 is 0 Å². The Labute approximate surface area is 196 Å². The van der Waals surface area contributed by atoms with Gasteiger partial charge in [-0.2, -0.15) is 0 Å². The van der Waals surface area contributed by atoms with Gasteiger partial charge in [-0.3, -0.25) is 19.7 Å². The molecule has 2 aromatic carbocycles. The van der Waals surface area contributed by atoms with Gasteiger partial charge in [0.05, 0.1) is 5.75 Å². The standard InChI is InChI=1S/C25H24N4O3S/c1-15-10-16(2)12-20(11-15)24-26-27-25(32-24)33-14-22(30)21-13-17(3)29(18(21)4)28-23(31)19-8-6-5-7-9-19/h5-13H,14H2,1-4H3,(H,28,31). The van der Waals surface area contributed by atoms with Crippen LogP contribution in [0.4, 0.5) is 0 Å². The average molecular weight is 461 g/mol. The largest absolute Gasteiger partial charge is 0.411 e. The molecule has 0 aliphatic carbocycles. The molecule has 0 aliphatic heterocycles. The number of nitrogens with one attached hydrogen (secondary N) is 1. The number of amides is 1. The summed E-state index contributed by atoms with van der Waals surface area (Å²) in [6.07, 6.45) is 0. The van der Waals surface area contributed by atoms with E-state index in [-0.39, 0.29) is 17.4 Å². The third-order valence-corrected chi connectivity index (χ3v) is 6.00. The Hall–Kier alpha value is -3.65. The molecule has 1 amide bonds. The number of hydrogen-bond acceptors (Lipinski definition) is 6. The van der Waals surface area contributed by atoms with Crippen molar-refractivity contribution in [1.29, 1.82) is 0 Å². The summed E-state index contributed by atoms with van der Waals surface area (Å²) in [7, 11) is 0. The molecule has 0 atom stereocenters. The van der Waals surface area contributed by atoms with Crippen molar-refractivity contribution in [2.45, 2.75) is 32.9 Å². The van der Waals surface area contributed by atoms with Gasteiger partial charge in [0.15, 0.2) is 5.78 Å². The van der Waals surface area contributed by atoms with Crippen molar-refractivity contribution in [3.05, 3.63) is 88.2 Å². The van der Waals surface area contributed by atoms with Crippen molar-refractivity contribution in [3.63, 3.8) is 0 Å². The Morgan fingerprint density at radius 3 is 2.36 bits per heavy atom. The number of hydrogen-bond donors (Lipinski definition) is 1. The third-order valence-electron chi connectivity index (χ3n) is 5.18. The van der Waals surface area contributed by atoms with E-state index in [0.29, 0.717) is 27.9 Å². The Balaban J connectivity index is 1.44. The highest BCUT2D eigenvalue weighted by Crippen LogP contribution is 2.26. The topological polar surface area (TPSA) is 90.0 Å². The van der Waals surface area contributed by atoms with Crippen molar-refractivity contribution >= 4 is 23.5 Å². The number of rotatable bonds is 7. The molecule has 0 saturated carbocycles. The second kappa shape index (κ2) is 9.46. The summed E-state index contributed by atoms with van der Waals surface area (Å²) in [5.74, 6) is 0.249. The minimum atomic E-state index is -0.240. The van der Waals surface area contributed by atoms with Crippen LogP contribution in [0.3, 0.4) is 0 Å². The molecule has 0 bridgehead atoms. The summed E-state index contributed by atoms with van der Waals surface area (Å²) in [6, 6.07) is 16.8. The summed E-state index contributed by atoms with van der Waals surface area (Å²) in [6.45, 7) is 7.68. The Morgan fingerprint density at radius 1 is 0.970 bits per heavy atom. The zero-order chi connectivity index (χ0) is 23.5. The molecule has 4 aromatic rings. The van der Waals surface area contributed by atoms with Gasteiger partial charge in [-0.15, -0.1) is 10.2 Å². The molecule has 0 fully saturated rings. The van der Waals surface area contributed by atoms with Gasteiger partial charge in [0.1, 0.15) is 0 Å². The summed E-state index contributed by atoms with van der Waals surface area (Å²) in [5.41, 5.74) is 8.46. The van der Waals surface area contributed by atoms with Crippen LogP contribution < -0.4 is 5.43 Å². The lowest BCUT2D eigenvalue weighted by Gasteiger charge is -2.11. The van der Waals surface area contributed by atoms with Gasteiger partial charge in [-0.05, 0) is 58.0 Å². The van der Waals surface area contributed by atoms with Crippen LogP contribution in [0.15, 0.2) is 64.2 Å². The van der Waals surface area contributed by atoms with E-state index in [1.54, 1.807) is 41.9 Å². The molecule has 2 heterocycles. The zero-order valence-electron chi connectivity index (χ0n) is 18.9. The van der Waals surface area contributed by atoms with E-state index in [2.05, 4.69) is 21.7 Å². The molecular weight excluding hydrogens is 436 g/mol. The lowest BCUT2D eigenvalue weighted by Crippen LogP contribution is -2.25. The summed E-state index contributed by atoms with van der Waals surface area (Å²) >= 11 is 1.20. The molecule has 2 aromatic heterocycles. The first kappa shape index (κ1) is 22.5. The van der Waals surface area contributed by atoms with Crippen molar-refractivity contribution in [1.82, 2.24) is 14.9 Å². The SMILES string of the molecule is Cc1cc(C)cc(-c2nnc(SCC(=O)c3cc(C)n(NC(=O)c4ccccc4)c3C)o2)c1. The highest BCUT2D eigenvalue weighted by molar-refractivity contribution is 7.99. The van der Waals surface area contributed by atoms with E-state index in [4.69, 9.17) is 4.42 Å². The van der Waals surface area contributed by atoms with E-state index in [0.717, 1.165) is 22.4 Å². The van der Waals surface area contributed by atoms with Crippen LogP contribution in [0.5, 0.6) is 0 Å². The fourth-order valence-corrected chi connectivity index (χ4v) is 4.31. The predicted molar refractivity (Wildman–Crippen MR) is 128 cm³/mol. The normalized spacial score (nSPS) is 10.9. The number of benzene rings is 2. The van der Waals surface area contributed by atoms with Crippen LogP contribution >= 0.6 is 11.8 Å². The van der Waals surface area contributed by atoms with Gasteiger partial charge >= 0.3 is 0 Å². The van der Waals surface area contributed by atoms with E-state index in [1.807, 2.05) is 39.0 Å². The number of carbonyl (C=O) groups excluding carboxylic acids is 2. The lowest BCUT2D eigenvalue weighted by molar-refractivity contribution is 0.0999. The third kappa shape index (κ3) is 5.06. The number of Topliss-reactive ketones (excluding diaryl/α,β-unsaturated/α-hetero) is 1.